The van der Waals surface area contributed by atoms with Crippen LogP contribution in [0.25, 0.3) is 0 Å². The van der Waals surface area contributed by atoms with Crippen LogP contribution in [0.1, 0.15) is 17.2 Å². The first-order chi connectivity index (χ1) is 9.19. The van der Waals surface area contributed by atoms with Gasteiger partial charge in [0, 0.05) is 16.1 Å². The van der Waals surface area contributed by atoms with E-state index in [2.05, 4.69) is 0 Å². The van der Waals surface area contributed by atoms with Gasteiger partial charge in [-0.1, -0.05) is 41.9 Å². The fraction of sp³-hybridized carbons (Fsp3) is 0.200. The first kappa shape index (κ1) is 13.7. The molecule has 2 aromatic rings. The van der Waals surface area contributed by atoms with Gasteiger partial charge in [-0.2, -0.15) is 0 Å². The zero-order valence-electron chi connectivity index (χ0n) is 10.8. The minimum atomic E-state index is -0.862. The lowest BCUT2D eigenvalue weighted by molar-refractivity contribution is 0.213. The molecule has 0 aromatic heterocycles. The normalized spacial score (nSPS) is 12.0. The summed E-state index contributed by atoms with van der Waals surface area (Å²) < 4.78 is 10.5. The highest BCUT2D eigenvalue weighted by molar-refractivity contribution is 6.31. The van der Waals surface area contributed by atoms with Crippen LogP contribution < -0.4 is 9.47 Å². The summed E-state index contributed by atoms with van der Waals surface area (Å²) in [7, 11) is 3.10. The summed E-state index contributed by atoms with van der Waals surface area (Å²) in [5.41, 5.74) is 1.26. The smallest absolute Gasteiger partial charge is 0.166 e. The molecule has 0 aliphatic rings. The highest BCUT2D eigenvalue weighted by Gasteiger charge is 2.20. The molecule has 1 unspecified atom stereocenters. The van der Waals surface area contributed by atoms with E-state index in [0.29, 0.717) is 27.6 Å². The van der Waals surface area contributed by atoms with Gasteiger partial charge in [0.2, 0.25) is 0 Å². The number of rotatable bonds is 4. The van der Waals surface area contributed by atoms with Crippen LogP contribution in [0.4, 0.5) is 0 Å². The van der Waals surface area contributed by atoms with E-state index in [1.54, 1.807) is 44.6 Å². The number of methoxy groups -OCH3 is 2. The second kappa shape index (κ2) is 5.95. The second-order valence-corrected chi connectivity index (χ2v) is 4.41. The maximum atomic E-state index is 10.5. The van der Waals surface area contributed by atoms with Crippen molar-refractivity contribution in [2.45, 2.75) is 6.10 Å². The van der Waals surface area contributed by atoms with Gasteiger partial charge in [-0.3, -0.25) is 0 Å². The molecule has 0 fully saturated rings. The number of aliphatic hydroxyl groups excluding tert-OH is 1. The van der Waals surface area contributed by atoms with Crippen molar-refractivity contribution in [1.82, 2.24) is 0 Å². The average molecular weight is 279 g/mol. The highest BCUT2D eigenvalue weighted by atomic mass is 35.5. The van der Waals surface area contributed by atoms with Crippen LogP contribution in [0, 0.1) is 0 Å². The minimum absolute atomic E-state index is 0.511. The summed E-state index contributed by atoms with van der Waals surface area (Å²) in [6, 6.07) is 12.5. The third kappa shape index (κ3) is 2.67. The Labute approximate surface area is 117 Å². The molecule has 0 saturated heterocycles. The Hall–Kier alpha value is -1.71. The number of halogens is 1. The van der Waals surface area contributed by atoms with E-state index in [4.69, 9.17) is 21.1 Å². The molecular formula is C15H15ClO3. The van der Waals surface area contributed by atoms with E-state index in [0.717, 1.165) is 0 Å². The summed E-state index contributed by atoms with van der Waals surface area (Å²) in [4.78, 5) is 0. The number of para-hydroxylation sites is 1. The van der Waals surface area contributed by atoms with Gasteiger partial charge in [0.25, 0.3) is 0 Å². The van der Waals surface area contributed by atoms with Crippen LogP contribution in [0.15, 0.2) is 42.5 Å². The number of hydrogen-bond acceptors (Lipinski definition) is 3. The number of benzene rings is 2. The average Bonchev–Trinajstić information content (AvgIpc) is 2.46. The Morgan fingerprint density at radius 1 is 0.947 bits per heavy atom. The van der Waals surface area contributed by atoms with E-state index < -0.39 is 6.10 Å². The molecule has 100 valence electrons. The fourth-order valence-corrected chi connectivity index (χ4v) is 2.23. The Morgan fingerprint density at radius 2 is 1.63 bits per heavy atom. The van der Waals surface area contributed by atoms with Gasteiger partial charge in [0.15, 0.2) is 11.5 Å². The zero-order chi connectivity index (χ0) is 13.8. The lowest BCUT2D eigenvalue weighted by atomic mass is 10.00. The molecule has 0 aliphatic carbocycles. The number of ether oxygens (including phenoxy) is 2. The molecule has 0 radical (unpaired) electrons. The van der Waals surface area contributed by atoms with Gasteiger partial charge in [0.1, 0.15) is 6.10 Å². The summed E-state index contributed by atoms with van der Waals surface area (Å²) >= 11 is 6.11. The van der Waals surface area contributed by atoms with Crippen LogP contribution in [-0.2, 0) is 0 Å². The molecule has 0 bridgehead atoms. The highest BCUT2D eigenvalue weighted by Crippen LogP contribution is 2.38. The van der Waals surface area contributed by atoms with Crippen molar-refractivity contribution < 1.29 is 14.6 Å². The molecule has 0 amide bonds. The van der Waals surface area contributed by atoms with Crippen molar-refractivity contribution in [2.75, 3.05) is 14.2 Å². The van der Waals surface area contributed by atoms with Crippen LogP contribution >= 0.6 is 11.6 Å². The molecule has 0 spiro atoms. The van der Waals surface area contributed by atoms with Crippen molar-refractivity contribution in [3.63, 3.8) is 0 Å². The van der Waals surface area contributed by atoms with Crippen LogP contribution in [0.2, 0.25) is 5.02 Å². The molecule has 2 rings (SSSR count). The van der Waals surface area contributed by atoms with Gasteiger partial charge < -0.3 is 14.6 Å². The van der Waals surface area contributed by atoms with Crippen molar-refractivity contribution in [2.24, 2.45) is 0 Å². The van der Waals surface area contributed by atoms with Gasteiger partial charge in [-0.15, -0.1) is 0 Å². The lowest BCUT2D eigenvalue weighted by Crippen LogP contribution is -2.04. The van der Waals surface area contributed by atoms with Gasteiger partial charge >= 0.3 is 0 Å². The Bertz CT molecular complexity index is 569. The summed E-state index contributed by atoms with van der Waals surface area (Å²) in [5, 5.41) is 11.0. The second-order valence-electron chi connectivity index (χ2n) is 4.01. The fourth-order valence-electron chi connectivity index (χ4n) is 1.99. The van der Waals surface area contributed by atoms with E-state index in [1.807, 2.05) is 12.1 Å². The van der Waals surface area contributed by atoms with Crippen molar-refractivity contribution in [1.29, 1.82) is 0 Å². The zero-order valence-corrected chi connectivity index (χ0v) is 11.5. The van der Waals surface area contributed by atoms with Gasteiger partial charge in [0.05, 0.1) is 14.2 Å². The maximum Gasteiger partial charge on any atom is 0.166 e. The SMILES string of the molecule is COc1cccc(C(O)c2ccccc2Cl)c1OC. The molecule has 1 atom stereocenters. The molecule has 2 aromatic carbocycles. The standard InChI is InChI=1S/C15H15ClO3/c1-18-13-9-5-7-11(15(13)19-2)14(17)10-6-3-4-8-12(10)16/h3-9,14,17H,1-2H3. The van der Waals surface area contributed by atoms with Crippen molar-refractivity contribution in [3.05, 3.63) is 58.6 Å². The molecule has 4 heteroatoms. The number of hydrogen-bond donors (Lipinski definition) is 1. The van der Waals surface area contributed by atoms with E-state index in [9.17, 15) is 5.11 Å². The summed E-state index contributed by atoms with van der Waals surface area (Å²) in [6.45, 7) is 0. The molecule has 0 aliphatic heterocycles. The first-order valence-corrected chi connectivity index (χ1v) is 6.20. The summed E-state index contributed by atoms with van der Waals surface area (Å²) in [5.74, 6) is 1.09. The van der Waals surface area contributed by atoms with Crippen LogP contribution in [0.3, 0.4) is 0 Å². The molecule has 3 nitrogen and oxygen atoms in total. The Kier molecular flexibility index (Phi) is 4.30. The topological polar surface area (TPSA) is 38.7 Å². The molecular weight excluding hydrogens is 264 g/mol. The van der Waals surface area contributed by atoms with Crippen molar-refractivity contribution in [3.8, 4) is 11.5 Å². The summed E-state index contributed by atoms with van der Waals surface area (Å²) in [6.07, 6.45) is -0.862. The third-order valence-corrected chi connectivity index (χ3v) is 3.27. The van der Waals surface area contributed by atoms with E-state index >= 15 is 0 Å². The molecule has 0 heterocycles. The Balaban J connectivity index is 2.50. The molecule has 1 N–H and O–H groups in total. The van der Waals surface area contributed by atoms with Gasteiger partial charge in [-0.25, -0.2) is 0 Å². The predicted octanol–water partition coefficient (Wildman–Crippen LogP) is 3.44. The maximum absolute atomic E-state index is 10.5. The van der Waals surface area contributed by atoms with Crippen molar-refractivity contribution >= 4 is 11.6 Å². The lowest BCUT2D eigenvalue weighted by Gasteiger charge is -2.18. The molecule has 0 saturated carbocycles. The number of aliphatic hydroxyl groups is 1. The van der Waals surface area contributed by atoms with Crippen LogP contribution in [0.5, 0.6) is 11.5 Å². The quantitative estimate of drug-likeness (QED) is 0.931. The predicted molar refractivity (Wildman–Crippen MR) is 75.1 cm³/mol. The van der Waals surface area contributed by atoms with E-state index in [-0.39, 0.29) is 0 Å². The van der Waals surface area contributed by atoms with Crippen LogP contribution in [-0.4, -0.2) is 19.3 Å². The Morgan fingerprint density at radius 3 is 2.26 bits per heavy atom. The van der Waals surface area contributed by atoms with E-state index in [1.165, 1.54) is 0 Å². The largest absolute Gasteiger partial charge is 0.493 e. The first-order valence-electron chi connectivity index (χ1n) is 5.82. The monoisotopic (exact) mass is 278 g/mol. The van der Waals surface area contributed by atoms with Gasteiger partial charge in [-0.05, 0) is 12.1 Å². The third-order valence-electron chi connectivity index (χ3n) is 2.93. The minimum Gasteiger partial charge on any atom is -0.493 e. The molecule has 19 heavy (non-hydrogen) atoms.